The monoisotopic (exact) mass is 226 g/mol. The molecule has 0 spiro atoms. The zero-order valence-electron chi connectivity index (χ0n) is 8.58. The minimum Gasteiger partial charge on any atom is -0.381 e. The van der Waals surface area contributed by atoms with E-state index in [2.05, 4.69) is 10.3 Å². The fourth-order valence-corrected chi connectivity index (χ4v) is 1.89. The van der Waals surface area contributed by atoms with Crippen LogP contribution in [0.5, 0.6) is 0 Å². The van der Waals surface area contributed by atoms with Crippen LogP contribution < -0.4 is 5.32 Å². The Labute approximate surface area is 94.8 Å². The van der Waals surface area contributed by atoms with Crippen molar-refractivity contribution in [2.45, 2.75) is 25.4 Å². The number of rotatable bonds is 3. The lowest BCUT2D eigenvalue weighted by Crippen LogP contribution is -2.34. The van der Waals surface area contributed by atoms with E-state index in [9.17, 15) is 0 Å². The maximum atomic E-state index is 6.01. The molecule has 0 bridgehead atoms. The molecule has 0 amide bonds. The number of nitrogens with zero attached hydrogens (tertiary/aromatic N) is 1. The van der Waals surface area contributed by atoms with Crippen LogP contribution in [0, 0.1) is 0 Å². The van der Waals surface area contributed by atoms with Crippen LogP contribution in [0.25, 0.3) is 0 Å². The van der Waals surface area contributed by atoms with Crippen molar-refractivity contribution in [3.63, 3.8) is 0 Å². The molecule has 1 fully saturated rings. The van der Waals surface area contributed by atoms with Gasteiger partial charge in [-0.15, -0.1) is 0 Å². The number of ether oxygens (including phenoxy) is 1. The molecule has 1 aromatic rings. The van der Waals surface area contributed by atoms with Crippen LogP contribution in [0.1, 0.15) is 18.4 Å². The van der Waals surface area contributed by atoms with Gasteiger partial charge in [0.2, 0.25) is 0 Å². The van der Waals surface area contributed by atoms with E-state index in [1.807, 2.05) is 6.07 Å². The molecule has 3 nitrogen and oxygen atoms in total. The largest absolute Gasteiger partial charge is 0.381 e. The first-order valence-electron chi connectivity index (χ1n) is 5.26. The third-order valence-corrected chi connectivity index (χ3v) is 3.00. The Bertz CT molecular complexity index is 313. The quantitative estimate of drug-likeness (QED) is 0.856. The summed E-state index contributed by atoms with van der Waals surface area (Å²) in [5.74, 6) is 0. The standard InChI is InChI=1S/C11H15ClN2O/c12-11-8-13-4-1-9(11)7-14-10-2-5-15-6-3-10/h1,4,8,10,14H,2-3,5-7H2. The van der Waals surface area contributed by atoms with E-state index < -0.39 is 0 Å². The van der Waals surface area contributed by atoms with Gasteiger partial charge in [0.25, 0.3) is 0 Å². The lowest BCUT2D eigenvalue weighted by Gasteiger charge is -2.23. The minimum absolute atomic E-state index is 0.558. The van der Waals surface area contributed by atoms with Gasteiger partial charge >= 0.3 is 0 Å². The van der Waals surface area contributed by atoms with Crippen molar-refractivity contribution in [3.8, 4) is 0 Å². The number of pyridine rings is 1. The summed E-state index contributed by atoms with van der Waals surface area (Å²) in [5.41, 5.74) is 1.11. The number of aromatic nitrogens is 1. The fraction of sp³-hybridized carbons (Fsp3) is 0.545. The van der Waals surface area contributed by atoms with Crippen molar-refractivity contribution in [2.24, 2.45) is 0 Å². The van der Waals surface area contributed by atoms with E-state index in [-0.39, 0.29) is 0 Å². The van der Waals surface area contributed by atoms with Crippen molar-refractivity contribution in [1.29, 1.82) is 0 Å². The molecule has 2 rings (SSSR count). The minimum atomic E-state index is 0.558. The van der Waals surface area contributed by atoms with Gasteiger partial charge in [0, 0.05) is 38.2 Å². The predicted octanol–water partition coefficient (Wildman–Crippen LogP) is 2.00. The third kappa shape index (κ3) is 3.16. The Kier molecular flexibility index (Phi) is 3.94. The summed E-state index contributed by atoms with van der Waals surface area (Å²) in [6.07, 6.45) is 5.63. The molecule has 0 aliphatic carbocycles. The molecule has 1 N–H and O–H groups in total. The Hall–Kier alpha value is -0.640. The van der Waals surface area contributed by atoms with Gasteiger partial charge in [-0.25, -0.2) is 0 Å². The summed E-state index contributed by atoms with van der Waals surface area (Å²) in [7, 11) is 0. The van der Waals surface area contributed by atoms with E-state index in [0.29, 0.717) is 6.04 Å². The molecule has 0 saturated carbocycles. The van der Waals surface area contributed by atoms with Gasteiger partial charge in [-0.3, -0.25) is 4.98 Å². The maximum Gasteiger partial charge on any atom is 0.0634 e. The van der Waals surface area contributed by atoms with E-state index >= 15 is 0 Å². The second-order valence-electron chi connectivity index (χ2n) is 3.73. The van der Waals surface area contributed by atoms with E-state index in [4.69, 9.17) is 16.3 Å². The van der Waals surface area contributed by atoms with Crippen molar-refractivity contribution >= 4 is 11.6 Å². The van der Waals surface area contributed by atoms with Gasteiger partial charge in [0.05, 0.1) is 5.02 Å². The summed E-state index contributed by atoms with van der Waals surface area (Å²) in [5, 5.41) is 4.22. The van der Waals surface area contributed by atoms with E-state index in [1.54, 1.807) is 12.4 Å². The highest BCUT2D eigenvalue weighted by Crippen LogP contribution is 2.14. The number of halogens is 1. The molecule has 2 heterocycles. The molecular formula is C11H15ClN2O. The normalized spacial score (nSPS) is 17.9. The molecule has 1 aliphatic heterocycles. The second-order valence-corrected chi connectivity index (χ2v) is 4.14. The average Bonchev–Trinajstić information content (AvgIpc) is 2.29. The molecule has 82 valence electrons. The predicted molar refractivity (Wildman–Crippen MR) is 59.9 cm³/mol. The Balaban J connectivity index is 1.84. The van der Waals surface area contributed by atoms with Gasteiger partial charge in [-0.2, -0.15) is 0 Å². The Morgan fingerprint density at radius 2 is 2.27 bits per heavy atom. The highest BCUT2D eigenvalue weighted by atomic mass is 35.5. The van der Waals surface area contributed by atoms with Crippen molar-refractivity contribution < 1.29 is 4.74 Å². The van der Waals surface area contributed by atoms with Crippen LogP contribution in [0.15, 0.2) is 18.5 Å². The maximum absolute atomic E-state index is 6.01. The Morgan fingerprint density at radius 3 is 3.00 bits per heavy atom. The van der Waals surface area contributed by atoms with Crippen LogP contribution in [-0.4, -0.2) is 24.2 Å². The molecule has 0 radical (unpaired) electrons. The second kappa shape index (κ2) is 5.45. The molecule has 1 aromatic heterocycles. The molecule has 15 heavy (non-hydrogen) atoms. The molecule has 0 unspecified atom stereocenters. The summed E-state index contributed by atoms with van der Waals surface area (Å²) in [6, 6.07) is 2.51. The van der Waals surface area contributed by atoms with Crippen molar-refractivity contribution in [3.05, 3.63) is 29.0 Å². The lowest BCUT2D eigenvalue weighted by atomic mass is 10.1. The topological polar surface area (TPSA) is 34.2 Å². The van der Waals surface area contributed by atoms with Gasteiger partial charge in [-0.1, -0.05) is 11.6 Å². The lowest BCUT2D eigenvalue weighted by molar-refractivity contribution is 0.0776. The molecule has 0 atom stereocenters. The highest BCUT2D eigenvalue weighted by molar-refractivity contribution is 6.31. The number of nitrogens with one attached hydrogen (secondary N) is 1. The van der Waals surface area contributed by atoms with Crippen LogP contribution in [0.3, 0.4) is 0 Å². The summed E-state index contributed by atoms with van der Waals surface area (Å²) >= 11 is 6.01. The highest BCUT2D eigenvalue weighted by Gasteiger charge is 2.13. The molecule has 1 saturated heterocycles. The van der Waals surface area contributed by atoms with E-state index in [1.165, 1.54) is 0 Å². The first-order chi connectivity index (χ1) is 7.36. The number of hydrogen-bond donors (Lipinski definition) is 1. The SMILES string of the molecule is Clc1cnccc1CNC1CCOCC1. The summed E-state index contributed by atoms with van der Waals surface area (Å²) in [6.45, 7) is 2.54. The Morgan fingerprint density at radius 1 is 1.47 bits per heavy atom. The van der Waals surface area contributed by atoms with Gasteiger partial charge < -0.3 is 10.1 Å². The van der Waals surface area contributed by atoms with Crippen molar-refractivity contribution in [2.75, 3.05) is 13.2 Å². The van der Waals surface area contributed by atoms with Crippen molar-refractivity contribution in [1.82, 2.24) is 10.3 Å². The van der Waals surface area contributed by atoms with Crippen LogP contribution in [-0.2, 0) is 11.3 Å². The van der Waals surface area contributed by atoms with Gasteiger partial charge in [0.1, 0.15) is 0 Å². The van der Waals surface area contributed by atoms with Gasteiger partial charge in [0.15, 0.2) is 0 Å². The average molecular weight is 227 g/mol. The summed E-state index contributed by atoms with van der Waals surface area (Å²) in [4.78, 5) is 3.96. The van der Waals surface area contributed by atoms with E-state index in [0.717, 1.165) is 43.2 Å². The zero-order valence-corrected chi connectivity index (χ0v) is 9.33. The third-order valence-electron chi connectivity index (χ3n) is 2.66. The fourth-order valence-electron chi connectivity index (χ4n) is 1.70. The first kappa shape index (κ1) is 10.9. The molecule has 0 aromatic carbocycles. The van der Waals surface area contributed by atoms with Gasteiger partial charge in [-0.05, 0) is 24.5 Å². The first-order valence-corrected chi connectivity index (χ1v) is 5.63. The zero-order chi connectivity index (χ0) is 10.5. The smallest absolute Gasteiger partial charge is 0.0634 e. The molecule has 4 heteroatoms. The van der Waals surface area contributed by atoms with Crippen LogP contribution in [0.2, 0.25) is 5.02 Å². The summed E-state index contributed by atoms with van der Waals surface area (Å²) < 4.78 is 5.30. The number of hydrogen-bond acceptors (Lipinski definition) is 3. The molecular weight excluding hydrogens is 212 g/mol. The van der Waals surface area contributed by atoms with Crippen LogP contribution >= 0.6 is 11.6 Å². The van der Waals surface area contributed by atoms with Crippen LogP contribution in [0.4, 0.5) is 0 Å². The molecule has 1 aliphatic rings.